The molecule has 30 heavy (non-hydrogen) atoms. The number of carbonyl (C=O) groups excluding carboxylic acids is 1. The van der Waals surface area contributed by atoms with E-state index >= 15 is 0 Å². The number of rotatable bonds is 6. The molecule has 0 spiro atoms. The van der Waals surface area contributed by atoms with Gasteiger partial charge in [0.05, 0.1) is 31.0 Å². The summed E-state index contributed by atoms with van der Waals surface area (Å²) in [6.07, 6.45) is 1.54. The molecule has 1 aromatic carbocycles. The van der Waals surface area contributed by atoms with Crippen LogP contribution in [0.4, 0.5) is 5.69 Å². The molecule has 3 rings (SSSR count). The summed E-state index contributed by atoms with van der Waals surface area (Å²) in [5, 5.41) is 3.63. The largest absolute Gasteiger partial charge is 0.492 e. The smallest absolute Gasteiger partial charge is 0.267 e. The third-order valence-corrected chi connectivity index (χ3v) is 7.80. The van der Waals surface area contributed by atoms with E-state index in [1.54, 1.807) is 25.3 Å². The standard InChI is InChI=1S/C20H27N3O5S2/c1-5-28-15-7-6-14(12-17(15)30(25,26)23-8-10-27-11-9-23)22-18(24)16-13-21-19(29-16)20(2,3)4/h6-7,12-13H,5,8-11H2,1-4H3,(H,22,24). The van der Waals surface area contributed by atoms with Crippen molar-refractivity contribution in [2.45, 2.75) is 38.0 Å². The predicted molar refractivity (Wildman–Crippen MR) is 116 cm³/mol. The van der Waals surface area contributed by atoms with Gasteiger partial charge in [0.25, 0.3) is 5.91 Å². The number of aromatic nitrogens is 1. The van der Waals surface area contributed by atoms with Crippen LogP contribution in [0.5, 0.6) is 5.75 Å². The van der Waals surface area contributed by atoms with Gasteiger partial charge in [-0.1, -0.05) is 20.8 Å². The second-order valence-electron chi connectivity index (χ2n) is 7.84. The van der Waals surface area contributed by atoms with Crippen LogP contribution in [-0.2, 0) is 20.2 Å². The van der Waals surface area contributed by atoms with Gasteiger partial charge in [-0.15, -0.1) is 11.3 Å². The van der Waals surface area contributed by atoms with Gasteiger partial charge in [0.2, 0.25) is 10.0 Å². The van der Waals surface area contributed by atoms with Crippen molar-refractivity contribution in [3.05, 3.63) is 34.3 Å². The summed E-state index contributed by atoms with van der Waals surface area (Å²) in [6, 6.07) is 4.64. The fourth-order valence-corrected chi connectivity index (χ4v) is 5.34. The maximum atomic E-state index is 13.2. The fourth-order valence-electron chi connectivity index (χ4n) is 2.91. The van der Waals surface area contributed by atoms with E-state index in [0.29, 0.717) is 30.4 Å². The van der Waals surface area contributed by atoms with Crippen molar-refractivity contribution >= 4 is 33.0 Å². The Bertz CT molecular complexity index is 1010. The number of carbonyl (C=O) groups is 1. The lowest BCUT2D eigenvalue weighted by molar-refractivity contribution is 0.0729. The van der Waals surface area contributed by atoms with Crippen molar-refractivity contribution in [2.24, 2.45) is 0 Å². The Morgan fingerprint density at radius 1 is 1.30 bits per heavy atom. The average molecular weight is 454 g/mol. The molecule has 1 aliphatic heterocycles. The van der Waals surface area contributed by atoms with Gasteiger partial charge in [-0.25, -0.2) is 13.4 Å². The second kappa shape index (κ2) is 9.01. The van der Waals surface area contributed by atoms with E-state index < -0.39 is 10.0 Å². The van der Waals surface area contributed by atoms with E-state index in [1.165, 1.54) is 21.7 Å². The Kier molecular flexibility index (Phi) is 6.81. The maximum absolute atomic E-state index is 13.2. The topological polar surface area (TPSA) is 97.8 Å². The molecule has 0 unspecified atom stereocenters. The van der Waals surface area contributed by atoms with Gasteiger partial charge >= 0.3 is 0 Å². The van der Waals surface area contributed by atoms with Crippen LogP contribution in [0.1, 0.15) is 42.4 Å². The molecular weight excluding hydrogens is 426 g/mol. The lowest BCUT2D eigenvalue weighted by Crippen LogP contribution is -2.40. The molecule has 1 aliphatic rings. The molecule has 1 saturated heterocycles. The van der Waals surface area contributed by atoms with Crippen LogP contribution < -0.4 is 10.1 Å². The number of thiazole rings is 1. The van der Waals surface area contributed by atoms with Crippen molar-refractivity contribution in [1.29, 1.82) is 0 Å². The van der Waals surface area contributed by atoms with Gasteiger partial charge in [-0.3, -0.25) is 4.79 Å². The molecule has 1 fully saturated rings. The molecule has 0 bridgehead atoms. The van der Waals surface area contributed by atoms with Crippen molar-refractivity contribution in [2.75, 3.05) is 38.2 Å². The lowest BCUT2D eigenvalue weighted by atomic mass is 9.98. The highest BCUT2D eigenvalue weighted by molar-refractivity contribution is 7.89. The minimum Gasteiger partial charge on any atom is -0.492 e. The molecule has 2 aromatic rings. The van der Waals surface area contributed by atoms with E-state index in [-0.39, 0.29) is 35.1 Å². The van der Waals surface area contributed by atoms with Crippen molar-refractivity contribution < 1.29 is 22.7 Å². The Labute approximate surface area is 181 Å². The number of benzene rings is 1. The van der Waals surface area contributed by atoms with Gasteiger partial charge in [0, 0.05) is 24.2 Å². The molecule has 164 valence electrons. The molecular formula is C20H27N3O5S2. The predicted octanol–water partition coefficient (Wildman–Crippen LogP) is 3.11. The minimum atomic E-state index is -3.79. The van der Waals surface area contributed by atoms with E-state index in [0.717, 1.165) is 5.01 Å². The van der Waals surface area contributed by atoms with Crippen molar-refractivity contribution in [1.82, 2.24) is 9.29 Å². The van der Waals surface area contributed by atoms with Crippen LogP contribution in [0.15, 0.2) is 29.3 Å². The molecule has 1 N–H and O–H groups in total. The summed E-state index contributed by atoms with van der Waals surface area (Å²) >= 11 is 1.32. The quantitative estimate of drug-likeness (QED) is 0.722. The Balaban J connectivity index is 1.88. The number of sulfonamides is 1. The van der Waals surface area contributed by atoms with Gasteiger partial charge in [0.1, 0.15) is 15.5 Å². The SMILES string of the molecule is CCOc1ccc(NC(=O)c2cnc(C(C)(C)C)s2)cc1S(=O)(=O)N1CCOCC1. The van der Waals surface area contributed by atoms with Crippen LogP contribution in [0, 0.1) is 0 Å². The first-order chi connectivity index (χ1) is 14.1. The zero-order valence-corrected chi connectivity index (χ0v) is 19.2. The monoisotopic (exact) mass is 453 g/mol. The molecule has 10 heteroatoms. The number of nitrogens with zero attached hydrogens (tertiary/aromatic N) is 2. The van der Waals surface area contributed by atoms with Crippen molar-refractivity contribution in [3.8, 4) is 5.75 Å². The van der Waals surface area contributed by atoms with Gasteiger partial charge in [-0.2, -0.15) is 4.31 Å². The average Bonchev–Trinajstić information content (AvgIpc) is 3.21. The summed E-state index contributed by atoms with van der Waals surface area (Å²) in [4.78, 5) is 17.5. The number of amides is 1. The van der Waals surface area contributed by atoms with Crippen LogP contribution >= 0.6 is 11.3 Å². The van der Waals surface area contributed by atoms with E-state index in [2.05, 4.69) is 10.3 Å². The molecule has 2 heterocycles. The molecule has 1 aromatic heterocycles. The molecule has 0 atom stereocenters. The molecule has 0 radical (unpaired) electrons. The summed E-state index contributed by atoms with van der Waals surface area (Å²) in [5.41, 5.74) is 0.225. The normalized spacial score (nSPS) is 15.7. The van der Waals surface area contributed by atoms with Crippen LogP contribution in [0.2, 0.25) is 0 Å². The second-order valence-corrected chi connectivity index (χ2v) is 10.8. The number of hydrogen-bond acceptors (Lipinski definition) is 7. The molecule has 0 aliphatic carbocycles. The Morgan fingerprint density at radius 2 is 2.00 bits per heavy atom. The number of anilines is 1. The third-order valence-electron chi connectivity index (χ3n) is 4.46. The zero-order chi connectivity index (χ0) is 21.9. The van der Waals surface area contributed by atoms with E-state index in [4.69, 9.17) is 9.47 Å². The summed E-state index contributed by atoms with van der Waals surface area (Å²) < 4.78 is 38.5. The van der Waals surface area contributed by atoms with E-state index in [9.17, 15) is 13.2 Å². The Morgan fingerprint density at radius 3 is 2.60 bits per heavy atom. The highest BCUT2D eigenvalue weighted by Crippen LogP contribution is 2.31. The third kappa shape index (κ3) is 5.00. The van der Waals surface area contributed by atoms with Gasteiger partial charge in [0.15, 0.2) is 0 Å². The van der Waals surface area contributed by atoms with Gasteiger partial charge < -0.3 is 14.8 Å². The first-order valence-electron chi connectivity index (χ1n) is 9.75. The Hall–Kier alpha value is -2.01. The van der Waals surface area contributed by atoms with E-state index in [1.807, 2.05) is 20.8 Å². The molecule has 8 nitrogen and oxygen atoms in total. The zero-order valence-electron chi connectivity index (χ0n) is 17.6. The summed E-state index contributed by atoms with van der Waals surface area (Å²) in [6.45, 7) is 9.46. The first-order valence-corrected chi connectivity index (χ1v) is 12.0. The van der Waals surface area contributed by atoms with Gasteiger partial charge in [-0.05, 0) is 25.1 Å². The number of ether oxygens (including phenoxy) is 2. The highest BCUT2D eigenvalue weighted by Gasteiger charge is 2.30. The lowest BCUT2D eigenvalue weighted by Gasteiger charge is -2.27. The van der Waals surface area contributed by atoms with Crippen molar-refractivity contribution in [3.63, 3.8) is 0 Å². The number of morpholine rings is 1. The maximum Gasteiger partial charge on any atom is 0.267 e. The fraction of sp³-hybridized carbons (Fsp3) is 0.500. The molecule has 0 saturated carbocycles. The van der Waals surface area contributed by atoms with Crippen LogP contribution in [0.25, 0.3) is 0 Å². The summed E-state index contributed by atoms with van der Waals surface area (Å²) in [7, 11) is -3.79. The first kappa shape index (κ1) is 22.7. The van der Waals surface area contributed by atoms with Crippen LogP contribution in [0.3, 0.4) is 0 Å². The number of nitrogens with one attached hydrogen (secondary N) is 1. The minimum absolute atomic E-state index is 0.0312. The molecule has 1 amide bonds. The summed E-state index contributed by atoms with van der Waals surface area (Å²) in [5.74, 6) is -0.0725. The highest BCUT2D eigenvalue weighted by atomic mass is 32.2. The number of hydrogen-bond donors (Lipinski definition) is 1. The van der Waals surface area contributed by atoms with Crippen LogP contribution in [-0.4, -0.2) is 56.5 Å².